The second-order valence-corrected chi connectivity index (χ2v) is 8.82. The Hall–Kier alpha value is -2.72. The maximum Gasteiger partial charge on any atom is 0.166 e. The summed E-state index contributed by atoms with van der Waals surface area (Å²) in [4.78, 5) is 0. The predicted octanol–water partition coefficient (Wildman–Crippen LogP) is 8.18. The van der Waals surface area contributed by atoms with Crippen LogP contribution in [0, 0.1) is 11.6 Å². The first-order valence-corrected chi connectivity index (χ1v) is 12.0. The highest BCUT2D eigenvalue weighted by atomic mass is 19.2. The first kappa shape index (κ1) is 23.4. The zero-order valence-electron chi connectivity index (χ0n) is 19.5. The van der Waals surface area contributed by atoms with Gasteiger partial charge >= 0.3 is 0 Å². The van der Waals surface area contributed by atoms with E-state index in [-0.39, 0.29) is 11.7 Å². The fraction of sp³-hybridized carbons (Fsp3) is 0.379. The lowest BCUT2D eigenvalue weighted by Gasteiger charge is -2.14. The summed E-state index contributed by atoms with van der Waals surface area (Å²) in [7, 11) is 0. The molecule has 2 nitrogen and oxygen atoms in total. The van der Waals surface area contributed by atoms with Crippen molar-refractivity contribution < 1.29 is 18.3 Å². The van der Waals surface area contributed by atoms with Crippen LogP contribution in [0.15, 0.2) is 60.7 Å². The van der Waals surface area contributed by atoms with Gasteiger partial charge in [0.15, 0.2) is 11.6 Å². The number of rotatable bonds is 9. The van der Waals surface area contributed by atoms with Gasteiger partial charge in [0.05, 0.1) is 12.2 Å². The van der Waals surface area contributed by atoms with Crippen LogP contribution in [0.3, 0.4) is 0 Å². The molecule has 0 bridgehead atoms. The second-order valence-electron chi connectivity index (χ2n) is 8.82. The molecule has 1 fully saturated rings. The highest BCUT2D eigenvalue weighted by molar-refractivity contribution is 5.65. The summed E-state index contributed by atoms with van der Waals surface area (Å²) in [6, 6.07) is 18.8. The molecule has 0 saturated carbocycles. The number of ether oxygens (including phenoxy) is 2. The molecule has 4 rings (SSSR count). The molecule has 1 heterocycles. The molecule has 33 heavy (non-hydrogen) atoms. The summed E-state index contributed by atoms with van der Waals surface area (Å²) in [5, 5.41) is 0. The van der Waals surface area contributed by atoms with E-state index in [0.717, 1.165) is 37.7 Å². The molecular formula is C29H32F2O2. The third kappa shape index (κ3) is 5.62. The van der Waals surface area contributed by atoms with Crippen molar-refractivity contribution in [2.45, 2.75) is 71.2 Å². The maximum absolute atomic E-state index is 14.5. The Morgan fingerprint density at radius 3 is 2.30 bits per heavy atom. The van der Waals surface area contributed by atoms with Crippen LogP contribution < -0.4 is 4.74 Å². The Labute approximate surface area is 195 Å². The van der Waals surface area contributed by atoms with Gasteiger partial charge in [-0.05, 0) is 60.1 Å². The lowest BCUT2D eigenvalue weighted by atomic mass is 10.0. The van der Waals surface area contributed by atoms with Crippen molar-refractivity contribution in [3.63, 3.8) is 0 Å². The third-order valence-corrected chi connectivity index (χ3v) is 6.32. The number of hydrogen-bond donors (Lipinski definition) is 0. The summed E-state index contributed by atoms with van der Waals surface area (Å²) in [5.41, 5.74) is 3.62. The molecule has 0 aromatic heterocycles. The quantitative estimate of drug-likeness (QED) is 0.327. The van der Waals surface area contributed by atoms with Crippen LogP contribution in [0.1, 0.15) is 68.7 Å². The zero-order chi connectivity index (χ0) is 23.2. The van der Waals surface area contributed by atoms with E-state index in [1.165, 1.54) is 5.56 Å². The molecular weight excluding hydrogens is 418 g/mol. The average molecular weight is 451 g/mol. The largest absolute Gasteiger partial charge is 0.489 e. The molecule has 1 aliphatic heterocycles. The minimum atomic E-state index is -0.790. The van der Waals surface area contributed by atoms with Gasteiger partial charge in [0.25, 0.3) is 0 Å². The van der Waals surface area contributed by atoms with Gasteiger partial charge < -0.3 is 9.47 Å². The smallest absolute Gasteiger partial charge is 0.166 e. The Morgan fingerprint density at radius 2 is 1.61 bits per heavy atom. The second kappa shape index (κ2) is 10.9. The van der Waals surface area contributed by atoms with E-state index in [2.05, 4.69) is 31.2 Å². The Balaban J connectivity index is 1.35. The van der Waals surface area contributed by atoms with Crippen molar-refractivity contribution in [1.82, 2.24) is 0 Å². The van der Waals surface area contributed by atoms with Crippen molar-refractivity contribution in [2.75, 3.05) is 0 Å². The van der Waals surface area contributed by atoms with Crippen LogP contribution in [-0.2, 0) is 17.8 Å². The van der Waals surface area contributed by atoms with E-state index in [9.17, 15) is 8.78 Å². The average Bonchev–Trinajstić information content (AvgIpc) is 3.31. The first-order chi connectivity index (χ1) is 16.1. The van der Waals surface area contributed by atoms with Crippen LogP contribution in [0.4, 0.5) is 8.78 Å². The van der Waals surface area contributed by atoms with E-state index in [4.69, 9.17) is 9.47 Å². The molecule has 1 aliphatic rings. The lowest BCUT2D eigenvalue weighted by molar-refractivity contribution is 0.0396. The molecule has 1 saturated heterocycles. The summed E-state index contributed by atoms with van der Waals surface area (Å²) in [6.07, 6.45) is 6.41. The van der Waals surface area contributed by atoms with Crippen LogP contribution in [0.2, 0.25) is 0 Å². The molecule has 0 amide bonds. The topological polar surface area (TPSA) is 18.5 Å². The Morgan fingerprint density at radius 1 is 0.848 bits per heavy atom. The van der Waals surface area contributed by atoms with Gasteiger partial charge in [0, 0.05) is 5.56 Å². The highest BCUT2D eigenvalue weighted by Gasteiger charge is 2.25. The van der Waals surface area contributed by atoms with Crippen molar-refractivity contribution >= 4 is 0 Å². The summed E-state index contributed by atoms with van der Waals surface area (Å²) in [6.45, 7) is 4.59. The van der Waals surface area contributed by atoms with Crippen LogP contribution >= 0.6 is 0 Å². The zero-order valence-corrected chi connectivity index (χ0v) is 19.5. The fourth-order valence-electron chi connectivity index (χ4n) is 4.49. The molecule has 0 spiro atoms. The summed E-state index contributed by atoms with van der Waals surface area (Å²) < 4.78 is 40.9. The third-order valence-electron chi connectivity index (χ3n) is 6.32. The van der Waals surface area contributed by atoms with Crippen molar-refractivity contribution in [3.8, 4) is 16.9 Å². The number of benzene rings is 3. The molecule has 0 aliphatic carbocycles. The minimum Gasteiger partial charge on any atom is -0.489 e. The van der Waals surface area contributed by atoms with E-state index < -0.39 is 11.6 Å². The van der Waals surface area contributed by atoms with Gasteiger partial charge in [-0.1, -0.05) is 75.2 Å². The molecule has 3 aromatic rings. The van der Waals surface area contributed by atoms with Gasteiger partial charge in [-0.25, -0.2) is 8.78 Å². The van der Waals surface area contributed by atoms with E-state index in [0.29, 0.717) is 36.0 Å². The molecule has 2 unspecified atom stereocenters. The molecule has 0 N–H and O–H groups in total. The van der Waals surface area contributed by atoms with Gasteiger partial charge in [0.1, 0.15) is 12.4 Å². The number of halogens is 2. The minimum absolute atomic E-state index is 0.199. The maximum atomic E-state index is 14.5. The van der Waals surface area contributed by atoms with Gasteiger partial charge in [-0.3, -0.25) is 0 Å². The normalized spacial score (nSPS) is 17.9. The van der Waals surface area contributed by atoms with Gasteiger partial charge in [-0.2, -0.15) is 0 Å². The fourth-order valence-corrected chi connectivity index (χ4v) is 4.49. The van der Waals surface area contributed by atoms with Crippen molar-refractivity contribution in [1.29, 1.82) is 0 Å². The number of hydrogen-bond acceptors (Lipinski definition) is 2. The molecule has 3 aromatic carbocycles. The molecule has 0 radical (unpaired) electrons. The SMILES string of the molecule is CCCc1ccc(-c2ccc(OCc3ccc(C4CCC(CCC)O4)cc3)cc2)c(F)c1F. The Bertz CT molecular complexity index is 1040. The van der Waals surface area contributed by atoms with Crippen LogP contribution in [0.5, 0.6) is 5.75 Å². The predicted molar refractivity (Wildman–Crippen MR) is 128 cm³/mol. The van der Waals surface area contributed by atoms with Crippen molar-refractivity contribution in [2.24, 2.45) is 0 Å². The first-order valence-electron chi connectivity index (χ1n) is 12.0. The highest BCUT2D eigenvalue weighted by Crippen LogP contribution is 2.34. The van der Waals surface area contributed by atoms with Crippen LogP contribution in [-0.4, -0.2) is 6.10 Å². The molecule has 4 heteroatoms. The van der Waals surface area contributed by atoms with Crippen LogP contribution in [0.25, 0.3) is 11.1 Å². The summed E-state index contributed by atoms with van der Waals surface area (Å²) >= 11 is 0. The summed E-state index contributed by atoms with van der Waals surface area (Å²) in [5.74, 6) is -0.850. The van der Waals surface area contributed by atoms with Gasteiger partial charge in [0.2, 0.25) is 0 Å². The van der Waals surface area contributed by atoms with Crippen molar-refractivity contribution in [3.05, 3.63) is 89.0 Å². The lowest BCUT2D eigenvalue weighted by Crippen LogP contribution is -2.05. The number of aryl methyl sites for hydroxylation is 1. The Kier molecular flexibility index (Phi) is 7.77. The standard InChI is InChI=1S/C29H32F2O2/c1-3-5-23-13-17-26(29(31)28(23)30)21-11-14-24(15-12-21)32-19-20-7-9-22(10-8-20)27-18-16-25(33-27)6-4-2/h7-15,17,25,27H,3-6,16,18-19H2,1-2H3. The molecule has 174 valence electrons. The van der Waals surface area contributed by atoms with E-state index in [1.54, 1.807) is 36.4 Å². The van der Waals surface area contributed by atoms with Gasteiger partial charge in [-0.15, -0.1) is 0 Å². The van der Waals surface area contributed by atoms with E-state index >= 15 is 0 Å². The van der Waals surface area contributed by atoms with E-state index in [1.807, 2.05) is 6.92 Å². The molecule has 2 atom stereocenters. The monoisotopic (exact) mass is 450 g/mol.